The second-order valence-corrected chi connectivity index (χ2v) is 2.88. The molecule has 0 aromatic rings. The lowest BCUT2D eigenvalue weighted by atomic mass is 10.1. The predicted molar refractivity (Wildman–Crippen MR) is 44.8 cm³/mol. The first-order valence-electron chi connectivity index (χ1n) is 4.29. The number of hydrogen-bond acceptors (Lipinski definition) is 2. The molecule has 1 saturated heterocycles. The minimum atomic E-state index is 0.532. The van der Waals surface area contributed by atoms with E-state index >= 15 is 0 Å². The van der Waals surface area contributed by atoms with E-state index in [4.69, 9.17) is 4.74 Å². The summed E-state index contributed by atoms with van der Waals surface area (Å²) >= 11 is 0. The SMILES string of the molecule is COCCC1CCNCC[N]1. The van der Waals surface area contributed by atoms with Crippen molar-refractivity contribution < 1.29 is 4.74 Å². The van der Waals surface area contributed by atoms with Crippen molar-refractivity contribution in [2.75, 3.05) is 33.4 Å². The molecule has 3 nitrogen and oxygen atoms in total. The molecule has 0 aromatic carbocycles. The standard InChI is InChI=1S/C8H17N2O/c1-11-7-3-8-2-4-9-5-6-10-8/h8-9H,2-7H2,1H3. The Bertz CT molecular complexity index is 90.1. The van der Waals surface area contributed by atoms with E-state index in [-0.39, 0.29) is 0 Å². The third-order valence-electron chi connectivity index (χ3n) is 1.99. The Morgan fingerprint density at radius 3 is 3.27 bits per heavy atom. The van der Waals surface area contributed by atoms with Gasteiger partial charge in [0.05, 0.1) is 0 Å². The Balaban J connectivity index is 2.09. The largest absolute Gasteiger partial charge is 0.385 e. The number of hydrogen-bond donors (Lipinski definition) is 1. The molecule has 1 N–H and O–H groups in total. The highest BCUT2D eigenvalue weighted by molar-refractivity contribution is 4.71. The van der Waals surface area contributed by atoms with Crippen LogP contribution in [0.25, 0.3) is 0 Å². The molecule has 1 aliphatic heterocycles. The van der Waals surface area contributed by atoms with Crippen molar-refractivity contribution in [2.24, 2.45) is 0 Å². The van der Waals surface area contributed by atoms with E-state index in [1.54, 1.807) is 7.11 Å². The summed E-state index contributed by atoms with van der Waals surface area (Å²) in [5.41, 5.74) is 0. The van der Waals surface area contributed by atoms with Crippen LogP contribution in [0.5, 0.6) is 0 Å². The van der Waals surface area contributed by atoms with Crippen LogP contribution in [0, 0.1) is 0 Å². The maximum absolute atomic E-state index is 5.00. The lowest BCUT2D eigenvalue weighted by Crippen LogP contribution is -2.24. The quantitative estimate of drug-likeness (QED) is 0.625. The van der Waals surface area contributed by atoms with E-state index in [2.05, 4.69) is 10.6 Å². The molecule has 1 atom stereocenters. The van der Waals surface area contributed by atoms with Gasteiger partial charge in [-0.05, 0) is 19.4 Å². The summed E-state index contributed by atoms with van der Waals surface area (Å²) in [6.07, 6.45) is 2.25. The molecule has 0 saturated carbocycles. The fourth-order valence-corrected chi connectivity index (χ4v) is 1.30. The zero-order valence-electron chi connectivity index (χ0n) is 7.18. The summed E-state index contributed by atoms with van der Waals surface area (Å²) in [5.74, 6) is 0. The molecule has 11 heavy (non-hydrogen) atoms. The second kappa shape index (κ2) is 5.52. The smallest absolute Gasteiger partial charge is 0.0477 e. The van der Waals surface area contributed by atoms with Crippen molar-refractivity contribution in [3.8, 4) is 0 Å². The number of nitrogens with one attached hydrogen (secondary N) is 1. The van der Waals surface area contributed by atoms with Crippen molar-refractivity contribution in [1.82, 2.24) is 10.6 Å². The molecule has 0 amide bonds. The molecule has 0 spiro atoms. The number of ether oxygens (including phenoxy) is 1. The van der Waals surface area contributed by atoms with E-state index in [9.17, 15) is 0 Å². The van der Waals surface area contributed by atoms with E-state index in [0.29, 0.717) is 6.04 Å². The number of rotatable bonds is 3. The minimum absolute atomic E-state index is 0.532. The molecule has 1 rings (SSSR count). The maximum Gasteiger partial charge on any atom is 0.0477 e. The van der Waals surface area contributed by atoms with Crippen molar-refractivity contribution in [1.29, 1.82) is 0 Å². The van der Waals surface area contributed by atoms with Gasteiger partial charge in [-0.15, -0.1) is 0 Å². The van der Waals surface area contributed by atoms with Gasteiger partial charge in [-0.3, -0.25) is 0 Å². The predicted octanol–water partition coefficient (Wildman–Crippen LogP) is -0.0108. The van der Waals surface area contributed by atoms with Gasteiger partial charge in [0.2, 0.25) is 0 Å². The Morgan fingerprint density at radius 2 is 2.45 bits per heavy atom. The first-order chi connectivity index (χ1) is 5.43. The monoisotopic (exact) mass is 157 g/mol. The van der Waals surface area contributed by atoms with E-state index in [0.717, 1.165) is 32.7 Å². The highest BCUT2D eigenvalue weighted by Crippen LogP contribution is 2.00. The first kappa shape index (κ1) is 8.97. The molecule has 0 bridgehead atoms. The summed E-state index contributed by atoms with van der Waals surface area (Å²) < 4.78 is 5.00. The average Bonchev–Trinajstić information content (AvgIpc) is 2.28. The molecule has 3 heteroatoms. The lowest BCUT2D eigenvalue weighted by molar-refractivity contribution is 0.182. The van der Waals surface area contributed by atoms with Crippen molar-refractivity contribution in [2.45, 2.75) is 18.9 Å². The third kappa shape index (κ3) is 3.70. The van der Waals surface area contributed by atoms with Crippen LogP contribution in [0.4, 0.5) is 0 Å². The van der Waals surface area contributed by atoms with Crippen LogP contribution in [-0.2, 0) is 4.74 Å². The minimum Gasteiger partial charge on any atom is -0.385 e. The van der Waals surface area contributed by atoms with Gasteiger partial charge in [-0.2, -0.15) is 0 Å². The van der Waals surface area contributed by atoms with Crippen LogP contribution in [0.1, 0.15) is 12.8 Å². The average molecular weight is 157 g/mol. The summed E-state index contributed by atoms with van der Waals surface area (Å²) in [6, 6.07) is 0.532. The van der Waals surface area contributed by atoms with Crippen LogP contribution in [0.3, 0.4) is 0 Å². The van der Waals surface area contributed by atoms with Gasteiger partial charge in [0.25, 0.3) is 0 Å². The molecule has 1 fully saturated rings. The Hall–Kier alpha value is -0.120. The number of methoxy groups -OCH3 is 1. The summed E-state index contributed by atoms with van der Waals surface area (Å²) in [4.78, 5) is 0. The van der Waals surface area contributed by atoms with Crippen LogP contribution < -0.4 is 10.6 Å². The van der Waals surface area contributed by atoms with E-state index in [1.165, 1.54) is 6.42 Å². The van der Waals surface area contributed by atoms with Gasteiger partial charge >= 0.3 is 0 Å². The van der Waals surface area contributed by atoms with Gasteiger partial charge in [-0.25, -0.2) is 5.32 Å². The Labute approximate surface area is 68.5 Å². The molecule has 1 heterocycles. The Kier molecular flexibility index (Phi) is 4.50. The van der Waals surface area contributed by atoms with Gasteiger partial charge in [0.15, 0.2) is 0 Å². The van der Waals surface area contributed by atoms with Crippen LogP contribution >= 0.6 is 0 Å². The summed E-state index contributed by atoms with van der Waals surface area (Å²) in [5, 5.41) is 7.84. The van der Waals surface area contributed by atoms with Gasteiger partial charge in [0, 0.05) is 32.8 Å². The second-order valence-electron chi connectivity index (χ2n) is 2.88. The van der Waals surface area contributed by atoms with Gasteiger partial charge in [-0.1, -0.05) is 0 Å². The first-order valence-corrected chi connectivity index (χ1v) is 4.29. The summed E-state index contributed by atoms with van der Waals surface area (Å²) in [7, 11) is 1.74. The molecule has 1 aliphatic rings. The Morgan fingerprint density at radius 1 is 1.55 bits per heavy atom. The van der Waals surface area contributed by atoms with Crippen molar-refractivity contribution >= 4 is 0 Å². The van der Waals surface area contributed by atoms with Crippen LogP contribution in [0.15, 0.2) is 0 Å². The molecule has 1 radical (unpaired) electrons. The van der Waals surface area contributed by atoms with Crippen LogP contribution in [-0.4, -0.2) is 39.4 Å². The van der Waals surface area contributed by atoms with Gasteiger partial charge in [0.1, 0.15) is 0 Å². The zero-order chi connectivity index (χ0) is 7.94. The molecular weight excluding hydrogens is 140 g/mol. The topological polar surface area (TPSA) is 35.4 Å². The van der Waals surface area contributed by atoms with Crippen molar-refractivity contribution in [3.05, 3.63) is 0 Å². The van der Waals surface area contributed by atoms with E-state index < -0.39 is 0 Å². The maximum atomic E-state index is 5.00. The normalized spacial score (nSPS) is 26.5. The molecule has 0 aliphatic carbocycles. The molecule has 65 valence electrons. The number of nitrogens with zero attached hydrogens (tertiary/aromatic N) is 1. The third-order valence-corrected chi connectivity index (χ3v) is 1.99. The zero-order valence-corrected chi connectivity index (χ0v) is 7.18. The highest BCUT2D eigenvalue weighted by Gasteiger charge is 2.10. The molecule has 0 aromatic heterocycles. The fraction of sp³-hybridized carbons (Fsp3) is 1.00. The molecule has 1 unspecified atom stereocenters. The molecular formula is C8H17N2O. The van der Waals surface area contributed by atoms with Crippen LogP contribution in [0.2, 0.25) is 0 Å². The van der Waals surface area contributed by atoms with Gasteiger partial charge < -0.3 is 10.1 Å². The fourth-order valence-electron chi connectivity index (χ4n) is 1.30. The van der Waals surface area contributed by atoms with Crippen molar-refractivity contribution in [3.63, 3.8) is 0 Å². The van der Waals surface area contributed by atoms with E-state index in [1.807, 2.05) is 0 Å². The lowest BCUT2D eigenvalue weighted by Gasteiger charge is -2.11. The highest BCUT2D eigenvalue weighted by atomic mass is 16.5. The summed E-state index contributed by atoms with van der Waals surface area (Å²) in [6.45, 7) is 3.96.